The third-order valence-electron chi connectivity index (χ3n) is 2.47. The van der Waals surface area contributed by atoms with Crippen LogP contribution in [0.3, 0.4) is 0 Å². The fraction of sp³-hybridized carbons (Fsp3) is 0.462. The largest absolute Gasteiger partial charge is 0.268 e. The molecule has 0 bridgehead atoms. The average molecular weight is 224 g/mol. The summed E-state index contributed by atoms with van der Waals surface area (Å²) < 4.78 is 11.4. The number of benzene rings is 1. The van der Waals surface area contributed by atoms with Crippen molar-refractivity contribution < 1.29 is 4.21 Å². The lowest BCUT2D eigenvalue weighted by Gasteiger charge is -2.07. The van der Waals surface area contributed by atoms with E-state index in [1.165, 1.54) is 11.1 Å². The summed E-state index contributed by atoms with van der Waals surface area (Å²) in [6.45, 7) is 4.37. The molecule has 15 heavy (non-hydrogen) atoms. The zero-order chi connectivity index (χ0) is 11.5. The molecule has 2 heteroatoms. The molecule has 1 unspecified atom stereocenters. The molecule has 0 spiro atoms. The number of rotatable bonds is 4. The van der Waals surface area contributed by atoms with E-state index in [-0.39, 0.29) is 0 Å². The molecule has 0 aliphatic carbocycles. The highest BCUT2D eigenvalue weighted by Gasteiger charge is 2.00. The molecule has 0 aromatic heterocycles. The highest BCUT2D eigenvalue weighted by molar-refractivity contribution is 7.99. The number of aryl methyl sites for hydroxylation is 1. The quantitative estimate of drug-likeness (QED) is 0.719. The first-order valence-electron chi connectivity index (χ1n) is 5.27. The summed E-state index contributed by atoms with van der Waals surface area (Å²) in [5, 5.41) is 0. The zero-order valence-electron chi connectivity index (χ0n) is 9.82. The second-order valence-corrected chi connectivity index (χ2v) is 7.31. The molecular formula is C13H20OS. The molecule has 84 valence electrons. The highest BCUT2D eigenvalue weighted by atomic mass is 32.2. The van der Waals surface area contributed by atoms with Gasteiger partial charge in [0, 0.05) is 12.0 Å². The SMILES string of the molecule is C=S(C)(=O)CCc1ccc(C(C)C)cc1. The van der Waals surface area contributed by atoms with Crippen LogP contribution < -0.4 is 0 Å². The number of hydrogen-bond donors (Lipinski definition) is 0. The van der Waals surface area contributed by atoms with E-state index in [9.17, 15) is 4.21 Å². The van der Waals surface area contributed by atoms with E-state index in [2.05, 4.69) is 44.0 Å². The Morgan fingerprint density at radius 1 is 1.27 bits per heavy atom. The number of hydrogen-bond acceptors (Lipinski definition) is 1. The van der Waals surface area contributed by atoms with Gasteiger partial charge in [0.15, 0.2) is 0 Å². The molecule has 1 nitrogen and oxygen atoms in total. The fourth-order valence-corrected chi connectivity index (χ4v) is 2.07. The van der Waals surface area contributed by atoms with Crippen LogP contribution in [0.5, 0.6) is 0 Å². The minimum Gasteiger partial charge on any atom is -0.268 e. The maximum Gasteiger partial charge on any atom is 0.0196 e. The van der Waals surface area contributed by atoms with Crippen molar-refractivity contribution in [2.75, 3.05) is 12.0 Å². The fourth-order valence-electron chi connectivity index (χ4n) is 1.40. The minimum atomic E-state index is -1.85. The van der Waals surface area contributed by atoms with E-state index in [0.717, 1.165) is 6.42 Å². The summed E-state index contributed by atoms with van der Waals surface area (Å²) in [7, 11) is -1.85. The van der Waals surface area contributed by atoms with E-state index in [1.807, 2.05) is 0 Å². The molecule has 1 aromatic rings. The van der Waals surface area contributed by atoms with Gasteiger partial charge in [0.05, 0.1) is 0 Å². The van der Waals surface area contributed by atoms with Gasteiger partial charge in [-0.25, -0.2) is 0 Å². The van der Waals surface area contributed by atoms with Crippen LogP contribution in [0.1, 0.15) is 30.9 Å². The molecule has 0 saturated carbocycles. The summed E-state index contributed by atoms with van der Waals surface area (Å²) in [4.78, 5) is 0. The van der Waals surface area contributed by atoms with Crippen LogP contribution in [0.25, 0.3) is 0 Å². The molecule has 1 aromatic carbocycles. The second kappa shape index (κ2) is 4.84. The van der Waals surface area contributed by atoms with Crippen LogP contribution in [0.15, 0.2) is 24.3 Å². The maximum absolute atomic E-state index is 11.4. The normalized spacial score (nSPS) is 15.2. The van der Waals surface area contributed by atoms with Crippen molar-refractivity contribution in [2.24, 2.45) is 0 Å². The van der Waals surface area contributed by atoms with Crippen LogP contribution >= 0.6 is 0 Å². The van der Waals surface area contributed by atoms with Crippen LogP contribution in [0.2, 0.25) is 0 Å². The summed E-state index contributed by atoms with van der Waals surface area (Å²) >= 11 is 0. The lowest BCUT2D eigenvalue weighted by atomic mass is 10.0. The molecule has 0 aliphatic rings. The first-order chi connectivity index (χ1) is 6.88. The van der Waals surface area contributed by atoms with Gasteiger partial charge in [0.2, 0.25) is 0 Å². The first-order valence-corrected chi connectivity index (χ1v) is 7.58. The maximum atomic E-state index is 11.4. The molecule has 0 heterocycles. The highest BCUT2D eigenvalue weighted by Crippen LogP contribution is 2.15. The summed E-state index contributed by atoms with van der Waals surface area (Å²) in [6.07, 6.45) is 2.58. The Labute approximate surface area is 93.5 Å². The lowest BCUT2D eigenvalue weighted by Crippen LogP contribution is -2.05. The summed E-state index contributed by atoms with van der Waals surface area (Å²) in [5.41, 5.74) is 2.60. The topological polar surface area (TPSA) is 17.1 Å². The predicted molar refractivity (Wildman–Crippen MR) is 70.3 cm³/mol. The van der Waals surface area contributed by atoms with Gasteiger partial charge in [-0.05, 0) is 38.9 Å². The Morgan fingerprint density at radius 3 is 2.20 bits per heavy atom. The van der Waals surface area contributed by atoms with Gasteiger partial charge in [-0.2, -0.15) is 0 Å². The average Bonchev–Trinajstić information content (AvgIpc) is 2.14. The van der Waals surface area contributed by atoms with Crippen molar-refractivity contribution in [1.82, 2.24) is 0 Å². The van der Waals surface area contributed by atoms with Gasteiger partial charge in [-0.1, -0.05) is 38.1 Å². The molecule has 0 N–H and O–H groups in total. The molecule has 0 aliphatic heterocycles. The summed E-state index contributed by atoms with van der Waals surface area (Å²) in [6, 6.07) is 8.56. The Bertz CT molecular complexity index is 399. The first kappa shape index (κ1) is 12.3. The Kier molecular flexibility index (Phi) is 3.97. The molecular weight excluding hydrogens is 204 g/mol. The smallest absolute Gasteiger partial charge is 0.0196 e. The van der Waals surface area contributed by atoms with E-state index in [4.69, 9.17) is 0 Å². The van der Waals surface area contributed by atoms with Crippen molar-refractivity contribution in [2.45, 2.75) is 26.2 Å². The molecule has 1 rings (SSSR count). The van der Waals surface area contributed by atoms with E-state index in [0.29, 0.717) is 11.7 Å². The molecule has 0 amide bonds. The molecule has 0 saturated heterocycles. The second-order valence-electron chi connectivity index (χ2n) is 4.53. The van der Waals surface area contributed by atoms with Gasteiger partial charge in [-0.3, -0.25) is 4.21 Å². The Hall–Kier alpha value is -0.760. The van der Waals surface area contributed by atoms with Crippen molar-refractivity contribution >= 4 is 15.4 Å². The Morgan fingerprint density at radius 2 is 1.80 bits per heavy atom. The minimum absolute atomic E-state index is 0.572. The van der Waals surface area contributed by atoms with Crippen molar-refractivity contribution in [3.8, 4) is 0 Å². The lowest BCUT2D eigenvalue weighted by molar-refractivity contribution is 0.684. The van der Waals surface area contributed by atoms with Gasteiger partial charge in [0.25, 0.3) is 0 Å². The van der Waals surface area contributed by atoms with E-state index >= 15 is 0 Å². The standard InChI is InChI=1S/C13H20OS/c1-11(2)13-7-5-12(6-8-13)9-10-15(3,4)14/h5-8,11H,3,9-10H2,1-2,4H3. The van der Waals surface area contributed by atoms with Crippen molar-refractivity contribution in [3.63, 3.8) is 0 Å². The van der Waals surface area contributed by atoms with Gasteiger partial charge >= 0.3 is 0 Å². The van der Waals surface area contributed by atoms with Crippen LogP contribution in [-0.2, 0) is 15.9 Å². The van der Waals surface area contributed by atoms with Crippen LogP contribution in [0.4, 0.5) is 0 Å². The molecule has 1 atom stereocenters. The monoisotopic (exact) mass is 224 g/mol. The zero-order valence-corrected chi connectivity index (χ0v) is 10.6. The van der Waals surface area contributed by atoms with Crippen molar-refractivity contribution in [3.05, 3.63) is 35.4 Å². The molecule has 0 radical (unpaired) electrons. The summed E-state index contributed by atoms with van der Waals surface area (Å²) in [5.74, 6) is 4.91. The van der Waals surface area contributed by atoms with Crippen LogP contribution in [-0.4, -0.2) is 22.1 Å². The van der Waals surface area contributed by atoms with Crippen molar-refractivity contribution in [1.29, 1.82) is 0 Å². The Balaban J connectivity index is 2.65. The predicted octanol–water partition coefficient (Wildman–Crippen LogP) is 2.70. The van der Waals surface area contributed by atoms with E-state index < -0.39 is 9.52 Å². The molecule has 0 fully saturated rings. The van der Waals surface area contributed by atoms with Gasteiger partial charge in [0.1, 0.15) is 0 Å². The third kappa shape index (κ3) is 4.52. The van der Waals surface area contributed by atoms with Gasteiger partial charge in [-0.15, -0.1) is 0 Å². The van der Waals surface area contributed by atoms with Crippen LogP contribution in [0, 0.1) is 0 Å². The van der Waals surface area contributed by atoms with E-state index in [1.54, 1.807) is 6.26 Å². The third-order valence-corrected chi connectivity index (χ3v) is 3.54. The van der Waals surface area contributed by atoms with Gasteiger partial charge < -0.3 is 0 Å².